The molecule has 1 aromatic heterocycles. The van der Waals surface area contributed by atoms with Crippen LogP contribution < -0.4 is 10.1 Å². The molecule has 22 heavy (non-hydrogen) atoms. The lowest BCUT2D eigenvalue weighted by molar-refractivity contribution is -0.154. The molecule has 3 rings (SSSR count). The van der Waals surface area contributed by atoms with E-state index < -0.39 is 12.8 Å². The lowest BCUT2D eigenvalue weighted by Crippen LogP contribution is -2.38. The lowest BCUT2D eigenvalue weighted by atomic mass is 10.1. The number of pyridine rings is 1. The fraction of sp³-hybridized carbons (Fsp3) is 0.600. The van der Waals surface area contributed by atoms with Crippen molar-refractivity contribution >= 4 is 5.91 Å². The van der Waals surface area contributed by atoms with E-state index in [0.717, 1.165) is 25.7 Å². The molecule has 0 radical (unpaired) electrons. The van der Waals surface area contributed by atoms with Crippen molar-refractivity contribution in [3.8, 4) is 5.88 Å². The minimum Gasteiger partial charge on any atom is -0.468 e. The Bertz CT molecular complexity index is 525. The number of aromatic nitrogens is 1. The van der Waals surface area contributed by atoms with E-state index in [1.54, 1.807) is 0 Å². The first-order valence-electron chi connectivity index (χ1n) is 7.39. The van der Waals surface area contributed by atoms with Crippen molar-refractivity contribution in [2.75, 3.05) is 6.61 Å². The zero-order valence-electron chi connectivity index (χ0n) is 11.9. The van der Waals surface area contributed by atoms with Crippen molar-refractivity contribution in [1.82, 2.24) is 10.3 Å². The standard InChI is InChI=1S/C15H17F3N2O2/c16-15(17,18)8-22-12-6-5-11(7-19-12)14(21)20-13(9-1-2-9)10-3-4-10/h5-7,9-10,13H,1-4,8H2,(H,20,21). The number of carbonyl (C=O) groups excluding carboxylic acids is 1. The van der Waals surface area contributed by atoms with Gasteiger partial charge < -0.3 is 10.1 Å². The van der Waals surface area contributed by atoms with Gasteiger partial charge >= 0.3 is 6.18 Å². The number of amides is 1. The van der Waals surface area contributed by atoms with Gasteiger partial charge in [0, 0.05) is 18.3 Å². The van der Waals surface area contributed by atoms with Gasteiger partial charge in [0.15, 0.2) is 6.61 Å². The number of ether oxygens (including phenoxy) is 1. The van der Waals surface area contributed by atoms with E-state index in [1.807, 2.05) is 0 Å². The van der Waals surface area contributed by atoms with E-state index in [4.69, 9.17) is 0 Å². The average molecular weight is 314 g/mol. The number of hydrogen-bond donors (Lipinski definition) is 1. The van der Waals surface area contributed by atoms with E-state index >= 15 is 0 Å². The first kappa shape index (κ1) is 15.1. The highest BCUT2D eigenvalue weighted by Gasteiger charge is 2.42. The highest BCUT2D eigenvalue weighted by atomic mass is 19.4. The molecule has 2 aliphatic rings. The molecule has 1 amide bonds. The topological polar surface area (TPSA) is 51.2 Å². The number of nitrogens with one attached hydrogen (secondary N) is 1. The number of rotatable bonds is 6. The Balaban J connectivity index is 1.56. The summed E-state index contributed by atoms with van der Waals surface area (Å²) in [6.45, 7) is -1.39. The van der Waals surface area contributed by atoms with Gasteiger partial charge in [-0.1, -0.05) is 0 Å². The Morgan fingerprint density at radius 1 is 1.27 bits per heavy atom. The second-order valence-electron chi connectivity index (χ2n) is 5.96. The molecule has 0 spiro atoms. The largest absolute Gasteiger partial charge is 0.468 e. The van der Waals surface area contributed by atoms with Crippen LogP contribution in [-0.2, 0) is 0 Å². The molecule has 2 saturated carbocycles. The number of alkyl halides is 3. The summed E-state index contributed by atoms with van der Waals surface area (Å²) >= 11 is 0. The monoisotopic (exact) mass is 314 g/mol. The van der Waals surface area contributed by atoms with E-state index in [-0.39, 0.29) is 17.8 Å². The smallest absolute Gasteiger partial charge is 0.422 e. The summed E-state index contributed by atoms with van der Waals surface area (Å²) in [6, 6.07) is 2.95. The second kappa shape index (κ2) is 5.78. The van der Waals surface area contributed by atoms with Crippen LogP contribution in [0.5, 0.6) is 5.88 Å². The summed E-state index contributed by atoms with van der Waals surface area (Å²) < 4.78 is 40.6. The van der Waals surface area contributed by atoms with Crippen LogP contribution in [0.3, 0.4) is 0 Å². The molecule has 1 aromatic rings. The van der Waals surface area contributed by atoms with Crippen molar-refractivity contribution < 1.29 is 22.7 Å². The fourth-order valence-corrected chi connectivity index (χ4v) is 2.52. The zero-order valence-corrected chi connectivity index (χ0v) is 11.9. The highest BCUT2D eigenvalue weighted by molar-refractivity contribution is 5.94. The molecule has 1 heterocycles. The van der Waals surface area contributed by atoms with E-state index in [9.17, 15) is 18.0 Å². The van der Waals surface area contributed by atoms with Crippen LogP contribution in [0.25, 0.3) is 0 Å². The average Bonchev–Trinajstić information content (AvgIpc) is 3.35. The predicted molar refractivity (Wildman–Crippen MR) is 72.5 cm³/mol. The van der Waals surface area contributed by atoms with Crippen molar-refractivity contribution in [2.24, 2.45) is 11.8 Å². The van der Waals surface area contributed by atoms with Crippen LogP contribution in [0.4, 0.5) is 13.2 Å². The predicted octanol–water partition coefficient (Wildman–Crippen LogP) is 2.94. The highest BCUT2D eigenvalue weighted by Crippen LogP contribution is 2.44. The summed E-state index contributed by atoms with van der Waals surface area (Å²) in [7, 11) is 0. The third-order valence-electron chi connectivity index (χ3n) is 3.94. The minimum atomic E-state index is -4.40. The van der Waals surface area contributed by atoms with Crippen molar-refractivity contribution in [1.29, 1.82) is 0 Å². The first-order valence-corrected chi connectivity index (χ1v) is 7.39. The quantitative estimate of drug-likeness (QED) is 0.878. The van der Waals surface area contributed by atoms with Crippen molar-refractivity contribution in [3.63, 3.8) is 0 Å². The molecule has 0 saturated heterocycles. The van der Waals surface area contributed by atoms with Gasteiger partial charge in [0.2, 0.25) is 5.88 Å². The third-order valence-corrected chi connectivity index (χ3v) is 3.94. The van der Waals surface area contributed by atoms with E-state index in [2.05, 4.69) is 15.0 Å². The number of nitrogens with zero attached hydrogens (tertiary/aromatic N) is 1. The minimum absolute atomic E-state index is 0.144. The summed E-state index contributed by atoms with van der Waals surface area (Å²) in [5, 5.41) is 3.03. The molecule has 0 aromatic carbocycles. The van der Waals surface area contributed by atoms with Crippen molar-refractivity contribution in [2.45, 2.75) is 37.9 Å². The maximum absolute atomic E-state index is 12.2. The SMILES string of the molecule is O=C(NC(C1CC1)C1CC1)c1ccc(OCC(F)(F)F)nc1. The van der Waals surface area contributed by atoms with Gasteiger partial charge in [-0.05, 0) is 43.6 Å². The lowest BCUT2D eigenvalue weighted by Gasteiger charge is -2.17. The zero-order chi connectivity index (χ0) is 15.7. The molecule has 0 bridgehead atoms. The molecule has 0 atom stereocenters. The molecule has 0 unspecified atom stereocenters. The van der Waals surface area contributed by atoms with Crippen molar-refractivity contribution in [3.05, 3.63) is 23.9 Å². The second-order valence-corrected chi connectivity index (χ2v) is 5.96. The molecule has 7 heteroatoms. The number of hydrogen-bond acceptors (Lipinski definition) is 3. The molecule has 0 aliphatic heterocycles. The van der Waals surface area contributed by atoms with Gasteiger partial charge in [-0.3, -0.25) is 4.79 Å². The Morgan fingerprint density at radius 2 is 1.91 bits per heavy atom. The normalized spacial score (nSPS) is 18.4. The van der Waals surface area contributed by atoms with Gasteiger partial charge in [0.05, 0.1) is 5.56 Å². The molecule has 120 valence electrons. The molecular formula is C15H17F3N2O2. The van der Waals surface area contributed by atoms with Crippen LogP contribution in [0.1, 0.15) is 36.0 Å². The third kappa shape index (κ3) is 4.11. The molecule has 4 nitrogen and oxygen atoms in total. The van der Waals surface area contributed by atoms with E-state index in [0.29, 0.717) is 17.4 Å². The van der Waals surface area contributed by atoms with Gasteiger partial charge in [-0.25, -0.2) is 4.98 Å². The molecule has 1 N–H and O–H groups in total. The van der Waals surface area contributed by atoms with E-state index in [1.165, 1.54) is 18.3 Å². The van der Waals surface area contributed by atoms with Gasteiger partial charge in [0.1, 0.15) is 0 Å². The number of carbonyl (C=O) groups is 1. The molecule has 2 fully saturated rings. The van der Waals surface area contributed by atoms with Crippen LogP contribution in [-0.4, -0.2) is 29.7 Å². The Kier molecular flexibility index (Phi) is 3.97. The first-order chi connectivity index (χ1) is 10.4. The van der Waals surface area contributed by atoms with Crippen LogP contribution in [0.2, 0.25) is 0 Å². The van der Waals surface area contributed by atoms with Gasteiger partial charge in [-0.2, -0.15) is 13.2 Å². The van der Waals surface area contributed by atoms with Crippen LogP contribution >= 0.6 is 0 Å². The molecular weight excluding hydrogens is 297 g/mol. The summed E-state index contributed by atoms with van der Waals surface area (Å²) in [5.74, 6) is 0.797. The number of halogens is 3. The summed E-state index contributed by atoms with van der Waals surface area (Å²) in [6.07, 6.45) is 1.47. The van der Waals surface area contributed by atoms with Gasteiger partial charge in [-0.15, -0.1) is 0 Å². The maximum Gasteiger partial charge on any atom is 0.422 e. The summed E-state index contributed by atoms with van der Waals surface area (Å²) in [4.78, 5) is 15.9. The Hall–Kier alpha value is -1.79. The fourth-order valence-electron chi connectivity index (χ4n) is 2.52. The summed E-state index contributed by atoms with van der Waals surface area (Å²) in [5.41, 5.74) is 0.339. The van der Waals surface area contributed by atoms with Crippen LogP contribution in [0.15, 0.2) is 18.3 Å². The molecule has 2 aliphatic carbocycles. The van der Waals surface area contributed by atoms with Gasteiger partial charge in [0.25, 0.3) is 5.91 Å². The maximum atomic E-state index is 12.2. The van der Waals surface area contributed by atoms with Crippen LogP contribution in [0, 0.1) is 11.8 Å². The Labute approximate surface area is 126 Å². The Morgan fingerprint density at radius 3 is 2.36 bits per heavy atom.